The summed E-state index contributed by atoms with van der Waals surface area (Å²) < 4.78 is 4.98. The maximum absolute atomic E-state index is 5.65. The minimum Gasteiger partial charge on any atom is -0.501 e. The Labute approximate surface area is 72.0 Å². The van der Waals surface area contributed by atoms with Crippen molar-refractivity contribution in [2.45, 2.75) is 6.92 Å². The van der Waals surface area contributed by atoms with Gasteiger partial charge < -0.3 is 4.74 Å². The van der Waals surface area contributed by atoms with Gasteiger partial charge in [-0.1, -0.05) is 13.5 Å². The van der Waals surface area contributed by atoms with Gasteiger partial charge >= 0.3 is 0 Å². The van der Waals surface area contributed by atoms with Gasteiger partial charge in [0.15, 0.2) is 0 Å². The number of rotatable bonds is 5. The standard InChI is InChI=1S/C7H12Cl2O/c1-3-10-6-7(2,4-8)5-9/h3H,1,4-6H2,2H3. The molecule has 10 heavy (non-hydrogen) atoms. The van der Waals surface area contributed by atoms with Gasteiger partial charge in [0.05, 0.1) is 12.9 Å². The molecule has 0 aromatic rings. The molecule has 0 spiro atoms. The summed E-state index contributed by atoms with van der Waals surface area (Å²) in [5.74, 6) is 1.01. The van der Waals surface area contributed by atoms with Crippen LogP contribution < -0.4 is 0 Å². The van der Waals surface area contributed by atoms with Gasteiger partial charge in [-0.3, -0.25) is 0 Å². The van der Waals surface area contributed by atoms with E-state index >= 15 is 0 Å². The maximum Gasteiger partial charge on any atom is 0.0949 e. The Kier molecular flexibility index (Phi) is 4.92. The fourth-order valence-electron chi connectivity index (χ4n) is 0.373. The minimum atomic E-state index is -0.128. The molecule has 0 aliphatic heterocycles. The van der Waals surface area contributed by atoms with Crippen LogP contribution in [-0.4, -0.2) is 18.4 Å². The highest BCUT2D eigenvalue weighted by molar-refractivity contribution is 6.21. The van der Waals surface area contributed by atoms with E-state index in [0.29, 0.717) is 18.4 Å². The van der Waals surface area contributed by atoms with Gasteiger partial charge in [0, 0.05) is 17.2 Å². The second kappa shape index (κ2) is 4.86. The summed E-state index contributed by atoms with van der Waals surface area (Å²) in [5, 5.41) is 0. The van der Waals surface area contributed by atoms with Crippen LogP contribution in [0.4, 0.5) is 0 Å². The molecule has 0 rings (SSSR count). The lowest BCUT2D eigenvalue weighted by molar-refractivity contribution is 0.157. The van der Waals surface area contributed by atoms with Crippen molar-refractivity contribution in [2.24, 2.45) is 5.41 Å². The Morgan fingerprint density at radius 3 is 2.30 bits per heavy atom. The number of halogens is 2. The van der Waals surface area contributed by atoms with Crippen LogP contribution >= 0.6 is 23.2 Å². The van der Waals surface area contributed by atoms with Crippen LogP contribution in [0.3, 0.4) is 0 Å². The average Bonchev–Trinajstić information content (AvgIpc) is 2.00. The second-order valence-corrected chi connectivity index (χ2v) is 3.09. The zero-order valence-corrected chi connectivity index (χ0v) is 7.58. The average molecular weight is 183 g/mol. The van der Waals surface area contributed by atoms with E-state index in [1.54, 1.807) is 0 Å². The van der Waals surface area contributed by atoms with Crippen molar-refractivity contribution in [1.29, 1.82) is 0 Å². The zero-order chi connectivity index (χ0) is 8.04. The van der Waals surface area contributed by atoms with E-state index in [1.807, 2.05) is 6.92 Å². The van der Waals surface area contributed by atoms with Gasteiger partial charge in [-0.15, -0.1) is 23.2 Å². The van der Waals surface area contributed by atoms with Crippen LogP contribution in [0.2, 0.25) is 0 Å². The van der Waals surface area contributed by atoms with E-state index in [4.69, 9.17) is 27.9 Å². The van der Waals surface area contributed by atoms with Crippen molar-refractivity contribution in [3.63, 3.8) is 0 Å². The number of hydrogen-bond donors (Lipinski definition) is 0. The molecule has 0 N–H and O–H groups in total. The maximum atomic E-state index is 5.65. The first kappa shape index (κ1) is 10.1. The molecule has 60 valence electrons. The number of alkyl halides is 2. The smallest absolute Gasteiger partial charge is 0.0949 e. The van der Waals surface area contributed by atoms with Gasteiger partial charge in [0.2, 0.25) is 0 Å². The Balaban J connectivity index is 3.68. The first-order chi connectivity index (χ1) is 4.68. The molecule has 0 aliphatic carbocycles. The highest BCUT2D eigenvalue weighted by atomic mass is 35.5. The molecule has 0 aromatic heterocycles. The molecule has 0 saturated heterocycles. The third-order valence-electron chi connectivity index (χ3n) is 1.19. The summed E-state index contributed by atoms with van der Waals surface area (Å²) >= 11 is 11.3. The summed E-state index contributed by atoms with van der Waals surface area (Å²) in [7, 11) is 0. The van der Waals surface area contributed by atoms with Crippen molar-refractivity contribution in [3.8, 4) is 0 Å². The quantitative estimate of drug-likeness (QED) is 0.470. The van der Waals surface area contributed by atoms with Crippen molar-refractivity contribution in [3.05, 3.63) is 12.8 Å². The van der Waals surface area contributed by atoms with E-state index in [2.05, 4.69) is 6.58 Å². The van der Waals surface area contributed by atoms with Crippen molar-refractivity contribution in [2.75, 3.05) is 18.4 Å². The molecular formula is C7H12Cl2O. The van der Waals surface area contributed by atoms with Crippen LogP contribution in [0.15, 0.2) is 12.8 Å². The van der Waals surface area contributed by atoms with Crippen LogP contribution in [0, 0.1) is 5.41 Å². The largest absolute Gasteiger partial charge is 0.501 e. The molecular weight excluding hydrogens is 171 g/mol. The van der Waals surface area contributed by atoms with E-state index in [-0.39, 0.29) is 5.41 Å². The predicted molar refractivity (Wildman–Crippen MR) is 45.7 cm³/mol. The number of hydrogen-bond acceptors (Lipinski definition) is 1. The molecule has 0 heterocycles. The molecule has 0 aromatic carbocycles. The molecule has 0 bridgehead atoms. The fourth-order valence-corrected chi connectivity index (χ4v) is 0.813. The van der Waals surface area contributed by atoms with Crippen LogP contribution in [0.25, 0.3) is 0 Å². The molecule has 0 amide bonds. The second-order valence-electron chi connectivity index (χ2n) is 2.56. The monoisotopic (exact) mass is 182 g/mol. The SMILES string of the molecule is C=COCC(C)(CCl)CCl. The van der Waals surface area contributed by atoms with E-state index in [9.17, 15) is 0 Å². The van der Waals surface area contributed by atoms with Crippen LogP contribution in [0.5, 0.6) is 0 Å². The van der Waals surface area contributed by atoms with Gasteiger partial charge in [-0.05, 0) is 0 Å². The molecule has 0 fully saturated rings. The van der Waals surface area contributed by atoms with Crippen molar-refractivity contribution < 1.29 is 4.74 Å². The molecule has 3 heteroatoms. The zero-order valence-electron chi connectivity index (χ0n) is 6.07. The minimum absolute atomic E-state index is 0.128. The van der Waals surface area contributed by atoms with Crippen LogP contribution in [0.1, 0.15) is 6.92 Å². The Morgan fingerprint density at radius 2 is 2.00 bits per heavy atom. The Morgan fingerprint density at radius 1 is 1.50 bits per heavy atom. The Hall–Kier alpha value is 0.120. The Bertz CT molecular complexity index is 99.8. The van der Waals surface area contributed by atoms with Gasteiger partial charge in [-0.25, -0.2) is 0 Å². The highest BCUT2D eigenvalue weighted by Crippen LogP contribution is 2.20. The first-order valence-electron chi connectivity index (χ1n) is 3.03. The molecule has 1 nitrogen and oxygen atoms in total. The molecule has 0 saturated carbocycles. The fraction of sp³-hybridized carbons (Fsp3) is 0.714. The third kappa shape index (κ3) is 3.33. The summed E-state index contributed by atoms with van der Waals surface area (Å²) in [6.45, 7) is 5.92. The summed E-state index contributed by atoms with van der Waals surface area (Å²) in [5.41, 5.74) is -0.128. The topological polar surface area (TPSA) is 9.23 Å². The van der Waals surface area contributed by atoms with Crippen molar-refractivity contribution >= 4 is 23.2 Å². The van der Waals surface area contributed by atoms with Crippen LogP contribution in [-0.2, 0) is 4.74 Å². The first-order valence-corrected chi connectivity index (χ1v) is 4.10. The molecule has 0 radical (unpaired) electrons. The lowest BCUT2D eigenvalue weighted by atomic mass is 9.98. The van der Waals surface area contributed by atoms with Gasteiger partial charge in [-0.2, -0.15) is 0 Å². The normalized spacial score (nSPS) is 11.1. The summed E-state index contributed by atoms with van der Waals surface area (Å²) in [4.78, 5) is 0. The van der Waals surface area contributed by atoms with E-state index in [1.165, 1.54) is 6.26 Å². The van der Waals surface area contributed by atoms with Crippen molar-refractivity contribution in [1.82, 2.24) is 0 Å². The van der Waals surface area contributed by atoms with Gasteiger partial charge in [0.1, 0.15) is 0 Å². The molecule has 0 aliphatic rings. The third-order valence-corrected chi connectivity index (χ3v) is 2.49. The van der Waals surface area contributed by atoms with E-state index in [0.717, 1.165) is 0 Å². The lowest BCUT2D eigenvalue weighted by Gasteiger charge is -2.22. The highest BCUT2D eigenvalue weighted by Gasteiger charge is 2.22. The summed E-state index contributed by atoms with van der Waals surface area (Å²) in [6, 6.07) is 0. The predicted octanol–water partition coefficient (Wildman–Crippen LogP) is 2.63. The molecule has 0 atom stereocenters. The van der Waals surface area contributed by atoms with E-state index < -0.39 is 0 Å². The van der Waals surface area contributed by atoms with Gasteiger partial charge in [0.25, 0.3) is 0 Å². The lowest BCUT2D eigenvalue weighted by Crippen LogP contribution is -2.26. The number of ether oxygens (including phenoxy) is 1. The summed E-state index contributed by atoms with van der Waals surface area (Å²) in [6.07, 6.45) is 1.40. The molecule has 0 unspecified atom stereocenters.